The number of aromatic nitrogens is 1. The van der Waals surface area contributed by atoms with Gasteiger partial charge in [-0.05, 0) is 26.0 Å². The van der Waals surface area contributed by atoms with Gasteiger partial charge in [-0.25, -0.2) is 4.98 Å². The molecule has 0 atom stereocenters. The van der Waals surface area contributed by atoms with E-state index < -0.39 is 0 Å². The van der Waals surface area contributed by atoms with Crippen LogP contribution in [0.15, 0.2) is 18.3 Å². The SMILES string of the molecule is CCN(CC)c1ccc(NC)cn1. The van der Waals surface area contributed by atoms with Gasteiger partial charge < -0.3 is 10.2 Å². The van der Waals surface area contributed by atoms with Crippen LogP contribution >= 0.6 is 0 Å². The van der Waals surface area contributed by atoms with Gasteiger partial charge in [-0.1, -0.05) is 0 Å². The van der Waals surface area contributed by atoms with Gasteiger partial charge in [0.15, 0.2) is 0 Å². The second-order valence-electron chi connectivity index (χ2n) is 2.83. The van der Waals surface area contributed by atoms with Crippen LogP contribution < -0.4 is 10.2 Å². The predicted molar refractivity (Wildman–Crippen MR) is 57.3 cm³/mol. The summed E-state index contributed by atoms with van der Waals surface area (Å²) in [7, 11) is 1.90. The summed E-state index contributed by atoms with van der Waals surface area (Å²) in [6.07, 6.45) is 1.85. The fourth-order valence-corrected chi connectivity index (χ4v) is 1.27. The summed E-state index contributed by atoms with van der Waals surface area (Å²) < 4.78 is 0. The van der Waals surface area contributed by atoms with Crippen LogP contribution in [0.3, 0.4) is 0 Å². The fraction of sp³-hybridized carbons (Fsp3) is 0.500. The van der Waals surface area contributed by atoms with E-state index in [2.05, 4.69) is 29.0 Å². The number of hydrogen-bond acceptors (Lipinski definition) is 3. The second-order valence-corrected chi connectivity index (χ2v) is 2.83. The number of nitrogens with zero attached hydrogens (tertiary/aromatic N) is 2. The van der Waals surface area contributed by atoms with Crippen LogP contribution in [0.5, 0.6) is 0 Å². The molecule has 0 aromatic carbocycles. The highest BCUT2D eigenvalue weighted by Crippen LogP contribution is 2.12. The van der Waals surface area contributed by atoms with Crippen molar-refractivity contribution in [1.29, 1.82) is 0 Å². The highest BCUT2D eigenvalue weighted by atomic mass is 15.2. The number of nitrogens with one attached hydrogen (secondary N) is 1. The molecule has 0 bridgehead atoms. The maximum absolute atomic E-state index is 4.35. The van der Waals surface area contributed by atoms with Crippen LogP contribution in [0.1, 0.15) is 13.8 Å². The third-order valence-electron chi connectivity index (χ3n) is 2.12. The third kappa shape index (κ3) is 2.34. The number of rotatable bonds is 4. The molecule has 13 heavy (non-hydrogen) atoms. The van der Waals surface area contributed by atoms with E-state index in [0.717, 1.165) is 24.6 Å². The Balaban J connectivity index is 2.78. The van der Waals surface area contributed by atoms with Gasteiger partial charge in [-0.3, -0.25) is 0 Å². The lowest BCUT2D eigenvalue weighted by Gasteiger charge is -2.19. The van der Waals surface area contributed by atoms with Gasteiger partial charge in [0.1, 0.15) is 5.82 Å². The Morgan fingerprint density at radius 1 is 1.31 bits per heavy atom. The first-order valence-electron chi connectivity index (χ1n) is 4.70. The van der Waals surface area contributed by atoms with E-state index in [-0.39, 0.29) is 0 Å². The zero-order valence-electron chi connectivity index (χ0n) is 8.54. The molecule has 0 aliphatic carbocycles. The van der Waals surface area contributed by atoms with Crippen molar-refractivity contribution >= 4 is 11.5 Å². The smallest absolute Gasteiger partial charge is 0.128 e. The first-order chi connectivity index (χ1) is 6.31. The average molecular weight is 179 g/mol. The number of pyridine rings is 1. The van der Waals surface area contributed by atoms with E-state index in [0.29, 0.717) is 0 Å². The first-order valence-corrected chi connectivity index (χ1v) is 4.70. The van der Waals surface area contributed by atoms with Crippen LogP contribution in [-0.4, -0.2) is 25.1 Å². The average Bonchev–Trinajstić information content (AvgIpc) is 2.21. The van der Waals surface area contributed by atoms with Crippen molar-refractivity contribution in [3.8, 4) is 0 Å². The summed E-state index contributed by atoms with van der Waals surface area (Å²) in [6, 6.07) is 4.08. The fourth-order valence-electron chi connectivity index (χ4n) is 1.27. The zero-order valence-corrected chi connectivity index (χ0v) is 8.54. The van der Waals surface area contributed by atoms with Crippen LogP contribution in [0.25, 0.3) is 0 Å². The predicted octanol–water partition coefficient (Wildman–Crippen LogP) is 1.97. The zero-order chi connectivity index (χ0) is 9.68. The lowest BCUT2D eigenvalue weighted by molar-refractivity contribution is 0.846. The van der Waals surface area contributed by atoms with Crippen molar-refractivity contribution in [1.82, 2.24) is 4.98 Å². The molecule has 3 heteroatoms. The van der Waals surface area contributed by atoms with E-state index >= 15 is 0 Å². The minimum absolute atomic E-state index is 1.00. The highest BCUT2D eigenvalue weighted by Gasteiger charge is 2.01. The van der Waals surface area contributed by atoms with E-state index in [1.54, 1.807) is 0 Å². The molecular weight excluding hydrogens is 162 g/mol. The summed E-state index contributed by atoms with van der Waals surface area (Å²) in [6.45, 7) is 6.28. The lowest BCUT2D eigenvalue weighted by atomic mass is 10.3. The summed E-state index contributed by atoms with van der Waals surface area (Å²) in [5, 5.41) is 3.05. The van der Waals surface area contributed by atoms with Gasteiger partial charge in [-0.2, -0.15) is 0 Å². The van der Waals surface area contributed by atoms with Gasteiger partial charge in [0.05, 0.1) is 11.9 Å². The van der Waals surface area contributed by atoms with Crippen molar-refractivity contribution in [2.24, 2.45) is 0 Å². The summed E-state index contributed by atoms with van der Waals surface area (Å²) in [4.78, 5) is 6.58. The second kappa shape index (κ2) is 4.70. The summed E-state index contributed by atoms with van der Waals surface area (Å²) in [5.41, 5.74) is 1.05. The van der Waals surface area contributed by atoms with Crippen molar-refractivity contribution in [3.05, 3.63) is 18.3 Å². The molecule has 72 valence electrons. The molecule has 0 aliphatic rings. The topological polar surface area (TPSA) is 28.2 Å². The monoisotopic (exact) mass is 179 g/mol. The molecule has 1 heterocycles. The molecule has 0 fully saturated rings. The van der Waals surface area contributed by atoms with Crippen molar-refractivity contribution in [2.45, 2.75) is 13.8 Å². The summed E-state index contributed by atoms with van der Waals surface area (Å²) >= 11 is 0. The van der Waals surface area contributed by atoms with Crippen LogP contribution in [0.2, 0.25) is 0 Å². The largest absolute Gasteiger partial charge is 0.387 e. The molecule has 0 saturated heterocycles. The number of anilines is 2. The van der Waals surface area contributed by atoms with E-state index in [9.17, 15) is 0 Å². The van der Waals surface area contributed by atoms with Crippen molar-refractivity contribution in [3.63, 3.8) is 0 Å². The minimum atomic E-state index is 1.00. The van der Waals surface area contributed by atoms with Crippen molar-refractivity contribution in [2.75, 3.05) is 30.4 Å². The molecule has 1 rings (SSSR count). The highest BCUT2D eigenvalue weighted by molar-refractivity contribution is 5.47. The Kier molecular flexibility index (Phi) is 3.55. The first kappa shape index (κ1) is 9.84. The lowest BCUT2D eigenvalue weighted by Crippen LogP contribution is -2.22. The Bertz CT molecular complexity index is 239. The van der Waals surface area contributed by atoms with Crippen molar-refractivity contribution < 1.29 is 0 Å². The third-order valence-corrected chi connectivity index (χ3v) is 2.12. The number of hydrogen-bond donors (Lipinski definition) is 1. The molecule has 1 aromatic rings. The molecule has 0 saturated carbocycles. The maximum atomic E-state index is 4.35. The van der Waals surface area contributed by atoms with Gasteiger partial charge in [0.25, 0.3) is 0 Å². The van der Waals surface area contributed by atoms with E-state index in [1.165, 1.54) is 0 Å². The van der Waals surface area contributed by atoms with E-state index in [4.69, 9.17) is 0 Å². The van der Waals surface area contributed by atoms with Crippen LogP contribution in [0, 0.1) is 0 Å². The van der Waals surface area contributed by atoms with Gasteiger partial charge in [-0.15, -0.1) is 0 Å². The Labute approximate surface area is 79.8 Å². The van der Waals surface area contributed by atoms with E-state index in [1.807, 2.05) is 25.4 Å². The van der Waals surface area contributed by atoms with Gasteiger partial charge in [0, 0.05) is 20.1 Å². The molecule has 0 aliphatic heterocycles. The Morgan fingerprint density at radius 2 is 2.00 bits per heavy atom. The molecule has 0 unspecified atom stereocenters. The molecule has 0 amide bonds. The molecule has 3 nitrogen and oxygen atoms in total. The summed E-state index contributed by atoms with van der Waals surface area (Å²) in [5.74, 6) is 1.05. The Hall–Kier alpha value is -1.25. The molecule has 1 N–H and O–H groups in total. The van der Waals surface area contributed by atoms with Crippen LogP contribution in [0.4, 0.5) is 11.5 Å². The molecule has 0 radical (unpaired) electrons. The van der Waals surface area contributed by atoms with Crippen LogP contribution in [-0.2, 0) is 0 Å². The maximum Gasteiger partial charge on any atom is 0.128 e. The molecule has 0 spiro atoms. The Morgan fingerprint density at radius 3 is 2.38 bits per heavy atom. The quantitative estimate of drug-likeness (QED) is 0.766. The molecular formula is C10H17N3. The van der Waals surface area contributed by atoms with Gasteiger partial charge in [0.2, 0.25) is 0 Å². The standard InChI is InChI=1S/C10H17N3/c1-4-13(5-2)10-7-6-9(11-3)8-12-10/h6-8,11H,4-5H2,1-3H3. The molecule has 1 aromatic heterocycles. The normalized spacial score (nSPS) is 9.77. The minimum Gasteiger partial charge on any atom is -0.387 e. The van der Waals surface area contributed by atoms with Gasteiger partial charge >= 0.3 is 0 Å².